The molecule has 0 radical (unpaired) electrons. The highest BCUT2D eigenvalue weighted by atomic mass is 19.4. The van der Waals surface area contributed by atoms with E-state index in [1.54, 1.807) is 6.92 Å². The normalized spacial score (nSPS) is 18.7. The zero-order chi connectivity index (χ0) is 16.2. The Hall–Kier alpha value is -1.88. The maximum Gasteiger partial charge on any atom is 0.401 e. The van der Waals surface area contributed by atoms with Crippen molar-refractivity contribution < 1.29 is 13.2 Å². The molecule has 1 fully saturated rings. The Kier molecular flexibility index (Phi) is 5.19. The van der Waals surface area contributed by atoms with Crippen LogP contribution >= 0.6 is 0 Å². The Morgan fingerprint density at radius 1 is 1.41 bits per heavy atom. The van der Waals surface area contributed by atoms with Crippen LogP contribution in [0.5, 0.6) is 0 Å². The lowest BCUT2D eigenvalue weighted by molar-refractivity contribution is -0.146. The van der Waals surface area contributed by atoms with Gasteiger partial charge in [0.25, 0.3) is 0 Å². The minimum Gasteiger partial charge on any atom is -0.354 e. The zero-order valence-electron chi connectivity index (χ0n) is 12.3. The molecule has 1 aromatic rings. The first-order chi connectivity index (χ1) is 10.4. The molecule has 8 heteroatoms. The number of aromatic nitrogens is 2. The van der Waals surface area contributed by atoms with Crippen LogP contribution < -0.4 is 4.90 Å². The zero-order valence-corrected chi connectivity index (χ0v) is 12.3. The predicted molar refractivity (Wildman–Crippen MR) is 75.2 cm³/mol. The van der Waals surface area contributed by atoms with Crippen LogP contribution in [0.2, 0.25) is 0 Å². The van der Waals surface area contributed by atoms with Gasteiger partial charge in [-0.1, -0.05) is 6.92 Å². The summed E-state index contributed by atoms with van der Waals surface area (Å²) in [4.78, 5) is 11.5. The number of alkyl halides is 3. The molecule has 2 rings (SSSR count). The van der Waals surface area contributed by atoms with Crippen LogP contribution in [0.4, 0.5) is 19.0 Å². The lowest BCUT2D eigenvalue weighted by Crippen LogP contribution is -2.38. The van der Waals surface area contributed by atoms with Crippen molar-refractivity contribution in [2.75, 3.05) is 37.6 Å². The highest BCUT2D eigenvalue weighted by Crippen LogP contribution is 2.25. The lowest BCUT2D eigenvalue weighted by atomic mass is 10.1. The maximum absolute atomic E-state index is 12.5. The van der Waals surface area contributed by atoms with Crippen molar-refractivity contribution in [1.82, 2.24) is 14.9 Å². The van der Waals surface area contributed by atoms with E-state index in [9.17, 15) is 13.2 Å². The predicted octanol–water partition coefficient (Wildman–Crippen LogP) is 2.06. The first-order valence-electron chi connectivity index (χ1n) is 7.18. The smallest absolute Gasteiger partial charge is 0.354 e. The summed E-state index contributed by atoms with van der Waals surface area (Å²) in [5.74, 6) is 0.655. The summed E-state index contributed by atoms with van der Waals surface area (Å²) in [6.07, 6.45) is -0.410. The molecule has 1 saturated heterocycles. The maximum atomic E-state index is 12.5. The van der Waals surface area contributed by atoms with Crippen LogP contribution in [-0.4, -0.2) is 53.8 Å². The summed E-state index contributed by atoms with van der Waals surface area (Å²) >= 11 is 0. The fourth-order valence-corrected chi connectivity index (χ4v) is 2.74. The minimum absolute atomic E-state index is 0.135. The van der Waals surface area contributed by atoms with Crippen LogP contribution in [0.1, 0.15) is 19.0 Å². The second-order valence-electron chi connectivity index (χ2n) is 5.38. The van der Waals surface area contributed by atoms with Crippen molar-refractivity contribution in [2.45, 2.75) is 19.5 Å². The number of hydrogen-bond acceptors (Lipinski definition) is 5. The number of rotatable bonds is 5. The van der Waals surface area contributed by atoms with E-state index in [0.29, 0.717) is 32.0 Å². The molecule has 1 unspecified atom stereocenters. The van der Waals surface area contributed by atoms with Gasteiger partial charge in [0.2, 0.25) is 0 Å². The van der Waals surface area contributed by atoms with Crippen molar-refractivity contribution >= 4 is 5.82 Å². The third-order valence-electron chi connectivity index (χ3n) is 3.74. The molecule has 0 spiro atoms. The van der Waals surface area contributed by atoms with E-state index < -0.39 is 12.7 Å². The van der Waals surface area contributed by atoms with Gasteiger partial charge >= 0.3 is 6.18 Å². The van der Waals surface area contributed by atoms with Crippen LogP contribution in [0.3, 0.4) is 0 Å². The summed E-state index contributed by atoms with van der Waals surface area (Å²) in [5, 5.41) is 9.04. The average Bonchev–Trinajstić information content (AvgIpc) is 2.93. The van der Waals surface area contributed by atoms with Crippen molar-refractivity contribution in [2.24, 2.45) is 5.92 Å². The van der Waals surface area contributed by atoms with Crippen LogP contribution in [0, 0.1) is 17.2 Å². The quantitative estimate of drug-likeness (QED) is 0.833. The topological polar surface area (TPSA) is 56.1 Å². The van der Waals surface area contributed by atoms with Crippen molar-refractivity contribution in [3.63, 3.8) is 0 Å². The average molecular weight is 313 g/mol. The highest BCUT2D eigenvalue weighted by molar-refractivity contribution is 5.50. The van der Waals surface area contributed by atoms with E-state index >= 15 is 0 Å². The largest absolute Gasteiger partial charge is 0.401 e. The molecule has 0 amide bonds. The standard InChI is InChI=1S/C14H18F3N5/c1-2-21(10-14(15,16)17)8-11-3-6-22(9-11)13-12(7-18)19-4-5-20-13/h4-5,11H,2-3,6,8-10H2,1H3. The van der Waals surface area contributed by atoms with Crippen LogP contribution in [0.25, 0.3) is 0 Å². The summed E-state index contributed by atoms with van der Waals surface area (Å²) in [5.41, 5.74) is 0.255. The minimum atomic E-state index is -4.17. The molecule has 1 aliphatic heterocycles. The molecule has 0 N–H and O–H groups in total. The van der Waals surface area contributed by atoms with Gasteiger partial charge in [0.1, 0.15) is 6.07 Å². The summed E-state index contributed by atoms with van der Waals surface area (Å²) in [6, 6.07) is 2.00. The first-order valence-corrected chi connectivity index (χ1v) is 7.18. The third kappa shape index (κ3) is 4.31. The molecule has 1 atom stereocenters. The van der Waals surface area contributed by atoms with Gasteiger partial charge in [-0.2, -0.15) is 18.4 Å². The van der Waals surface area contributed by atoms with Gasteiger partial charge in [0, 0.05) is 32.0 Å². The Balaban J connectivity index is 1.96. The van der Waals surface area contributed by atoms with E-state index in [2.05, 4.69) is 9.97 Å². The Morgan fingerprint density at radius 3 is 2.77 bits per heavy atom. The molecule has 0 aliphatic carbocycles. The fraction of sp³-hybridized carbons (Fsp3) is 0.643. The van der Waals surface area contributed by atoms with Crippen molar-refractivity contribution in [1.29, 1.82) is 5.26 Å². The Labute approximate surface area is 127 Å². The molecule has 120 valence electrons. The summed E-state index contributed by atoms with van der Waals surface area (Å²) < 4.78 is 37.5. The molecule has 2 heterocycles. The second kappa shape index (κ2) is 6.92. The number of hydrogen-bond donors (Lipinski definition) is 0. The van der Waals surface area contributed by atoms with E-state index in [-0.39, 0.29) is 11.6 Å². The van der Waals surface area contributed by atoms with E-state index in [1.165, 1.54) is 17.3 Å². The van der Waals surface area contributed by atoms with E-state index in [0.717, 1.165) is 6.42 Å². The lowest BCUT2D eigenvalue weighted by Gasteiger charge is -2.25. The van der Waals surface area contributed by atoms with Gasteiger partial charge in [-0.25, -0.2) is 9.97 Å². The van der Waals surface area contributed by atoms with Crippen LogP contribution in [0.15, 0.2) is 12.4 Å². The van der Waals surface area contributed by atoms with Gasteiger partial charge in [-0.3, -0.25) is 4.90 Å². The first kappa shape index (κ1) is 16.5. The number of nitrogens with zero attached hydrogens (tertiary/aromatic N) is 5. The highest BCUT2D eigenvalue weighted by Gasteiger charge is 2.33. The Bertz CT molecular complexity index is 540. The van der Waals surface area contributed by atoms with Crippen molar-refractivity contribution in [3.05, 3.63) is 18.1 Å². The van der Waals surface area contributed by atoms with Gasteiger partial charge in [-0.05, 0) is 18.9 Å². The van der Waals surface area contributed by atoms with Gasteiger partial charge in [0.15, 0.2) is 11.5 Å². The Morgan fingerprint density at radius 2 is 2.14 bits per heavy atom. The van der Waals surface area contributed by atoms with Gasteiger partial charge in [-0.15, -0.1) is 0 Å². The fourth-order valence-electron chi connectivity index (χ4n) is 2.74. The molecule has 0 aromatic carbocycles. The molecular weight excluding hydrogens is 295 g/mol. The van der Waals surface area contributed by atoms with E-state index in [1.807, 2.05) is 11.0 Å². The summed E-state index contributed by atoms with van der Waals surface area (Å²) in [6.45, 7) is 2.89. The molecular formula is C14H18F3N5. The number of nitriles is 1. The molecule has 5 nitrogen and oxygen atoms in total. The number of anilines is 1. The van der Waals surface area contributed by atoms with Crippen molar-refractivity contribution in [3.8, 4) is 6.07 Å². The number of halogens is 3. The molecule has 1 aliphatic rings. The van der Waals surface area contributed by atoms with Gasteiger partial charge in [0.05, 0.1) is 6.54 Å². The van der Waals surface area contributed by atoms with Gasteiger partial charge < -0.3 is 4.90 Å². The molecule has 22 heavy (non-hydrogen) atoms. The third-order valence-corrected chi connectivity index (χ3v) is 3.74. The molecule has 0 saturated carbocycles. The summed E-state index contributed by atoms with van der Waals surface area (Å²) in [7, 11) is 0. The van der Waals surface area contributed by atoms with E-state index in [4.69, 9.17) is 5.26 Å². The molecule has 0 bridgehead atoms. The SMILES string of the molecule is CCN(CC1CCN(c2nccnc2C#N)C1)CC(F)(F)F. The molecule has 1 aromatic heterocycles. The van der Waals surface area contributed by atoms with Crippen LogP contribution in [-0.2, 0) is 0 Å². The second-order valence-corrected chi connectivity index (χ2v) is 5.38. The monoisotopic (exact) mass is 313 g/mol.